The molecule has 1 amide bonds. The highest BCUT2D eigenvalue weighted by atomic mass is 35.5. The summed E-state index contributed by atoms with van der Waals surface area (Å²) in [6.45, 7) is 4.85. The fourth-order valence-corrected chi connectivity index (χ4v) is 1.11. The van der Waals surface area contributed by atoms with Gasteiger partial charge in [0.2, 0.25) is 5.91 Å². The molecule has 0 heterocycles. The smallest absolute Gasteiger partial charge is 0.219 e. The molecule has 0 aromatic heterocycles. The molecule has 0 radical (unpaired) electrons. The first-order valence-corrected chi connectivity index (χ1v) is 5.55. The van der Waals surface area contributed by atoms with Crippen molar-refractivity contribution in [3.63, 3.8) is 0 Å². The Bertz CT molecular complexity index is 139. The minimum atomic E-state index is 0.154. The number of carbonyl (C=O) groups is 1. The highest BCUT2D eigenvalue weighted by Gasteiger charge is 2.02. The number of carbonyl (C=O) groups excluding carboxylic acids is 1. The van der Waals surface area contributed by atoms with Crippen molar-refractivity contribution in [1.82, 2.24) is 5.32 Å². The van der Waals surface area contributed by atoms with E-state index in [4.69, 9.17) is 11.6 Å². The highest BCUT2D eigenvalue weighted by molar-refractivity contribution is 6.20. The Balaban J connectivity index is 3.26. The van der Waals surface area contributed by atoms with Crippen molar-refractivity contribution < 1.29 is 4.79 Å². The van der Waals surface area contributed by atoms with Gasteiger partial charge in [0.15, 0.2) is 0 Å². The maximum atomic E-state index is 11.1. The first-order valence-electron chi connectivity index (χ1n) is 5.11. The summed E-state index contributed by atoms with van der Waals surface area (Å²) in [5.74, 6) is 0.154. The highest BCUT2D eigenvalue weighted by Crippen LogP contribution is 2.04. The van der Waals surface area contributed by atoms with Crippen LogP contribution in [0.15, 0.2) is 0 Å². The molecule has 0 fully saturated rings. The lowest BCUT2D eigenvalue weighted by Crippen LogP contribution is -2.25. The van der Waals surface area contributed by atoms with Crippen LogP contribution < -0.4 is 5.32 Å². The summed E-state index contributed by atoms with van der Waals surface area (Å²) >= 11 is 5.90. The van der Waals surface area contributed by atoms with Gasteiger partial charge in [-0.15, -0.1) is 11.6 Å². The predicted molar refractivity (Wildman–Crippen MR) is 57.1 cm³/mol. The van der Waals surface area contributed by atoms with Crippen molar-refractivity contribution in [3.05, 3.63) is 0 Å². The largest absolute Gasteiger partial charge is 0.356 e. The SMILES string of the molecule is CCCCC(=O)NCCC(Cl)CC. The summed E-state index contributed by atoms with van der Waals surface area (Å²) < 4.78 is 0. The molecule has 78 valence electrons. The first kappa shape index (κ1) is 12.8. The Morgan fingerprint density at radius 1 is 1.46 bits per heavy atom. The molecule has 0 saturated heterocycles. The summed E-state index contributed by atoms with van der Waals surface area (Å²) in [5, 5.41) is 3.06. The number of unbranched alkanes of at least 4 members (excludes halogenated alkanes) is 1. The van der Waals surface area contributed by atoms with E-state index in [9.17, 15) is 4.79 Å². The van der Waals surface area contributed by atoms with Crippen LogP contribution in [-0.4, -0.2) is 17.8 Å². The van der Waals surface area contributed by atoms with Gasteiger partial charge < -0.3 is 5.32 Å². The molecule has 0 aliphatic heterocycles. The van der Waals surface area contributed by atoms with Crippen LogP contribution in [0.25, 0.3) is 0 Å². The van der Waals surface area contributed by atoms with Crippen LogP contribution in [0, 0.1) is 0 Å². The topological polar surface area (TPSA) is 29.1 Å². The Morgan fingerprint density at radius 3 is 2.69 bits per heavy atom. The maximum absolute atomic E-state index is 11.1. The van der Waals surface area contributed by atoms with Gasteiger partial charge >= 0.3 is 0 Å². The molecule has 13 heavy (non-hydrogen) atoms. The van der Waals surface area contributed by atoms with Crippen molar-refractivity contribution in [2.24, 2.45) is 0 Å². The second-order valence-corrected chi connectivity index (χ2v) is 3.86. The van der Waals surface area contributed by atoms with E-state index in [0.717, 1.165) is 25.7 Å². The third-order valence-corrected chi connectivity index (χ3v) is 2.51. The Morgan fingerprint density at radius 2 is 2.15 bits per heavy atom. The molecule has 0 rings (SSSR count). The zero-order chi connectivity index (χ0) is 10.1. The number of nitrogens with one attached hydrogen (secondary N) is 1. The summed E-state index contributed by atoms with van der Waals surface area (Å²) in [6, 6.07) is 0. The molecule has 0 bridgehead atoms. The number of hydrogen-bond donors (Lipinski definition) is 1. The van der Waals surface area contributed by atoms with Gasteiger partial charge in [-0.1, -0.05) is 20.3 Å². The Hall–Kier alpha value is -0.240. The zero-order valence-corrected chi connectivity index (χ0v) is 9.36. The molecule has 1 N–H and O–H groups in total. The lowest BCUT2D eigenvalue weighted by atomic mass is 10.2. The fourth-order valence-electron chi connectivity index (χ4n) is 0.998. The molecular weight excluding hydrogens is 186 g/mol. The standard InChI is InChI=1S/C10H20ClNO/c1-3-5-6-10(13)12-8-7-9(11)4-2/h9H,3-8H2,1-2H3,(H,12,13). The van der Waals surface area contributed by atoms with Crippen LogP contribution in [0.4, 0.5) is 0 Å². The Labute approximate surface area is 86.0 Å². The number of hydrogen-bond acceptors (Lipinski definition) is 1. The van der Waals surface area contributed by atoms with Gasteiger partial charge in [-0.2, -0.15) is 0 Å². The van der Waals surface area contributed by atoms with E-state index < -0.39 is 0 Å². The molecule has 2 nitrogen and oxygen atoms in total. The molecular formula is C10H20ClNO. The molecule has 1 atom stereocenters. The molecule has 0 aromatic carbocycles. The number of rotatable bonds is 7. The van der Waals surface area contributed by atoms with Crippen molar-refractivity contribution in [3.8, 4) is 0 Å². The minimum Gasteiger partial charge on any atom is -0.356 e. The third-order valence-electron chi connectivity index (χ3n) is 1.98. The van der Waals surface area contributed by atoms with Gasteiger partial charge in [0.05, 0.1) is 0 Å². The number of alkyl halides is 1. The average molecular weight is 206 g/mol. The molecule has 0 aliphatic carbocycles. The zero-order valence-electron chi connectivity index (χ0n) is 8.61. The molecule has 0 aliphatic rings. The van der Waals surface area contributed by atoms with Gasteiger partial charge in [-0.25, -0.2) is 0 Å². The quantitative estimate of drug-likeness (QED) is 0.637. The Kier molecular flexibility index (Phi) is 8.21. The normalized spacial score (nSPS) is 12.5. The van der Waals surface area contributed by atoms with Crippen LogP contribution in [0.3, 0.4) is 0 Å². The molecule has 0 saturated carbocycles. The second-order valence-electron chi connectivity index (χ2n) is 3.25. The van der Waals surface area contributed by atoms with E-state index in [-0.39, 0.29) is 11.3 Å². The van der Waals surface area contributed by atoms with Gasteiger partial charge in [0.25, 0.3) is 0 Å². The van der Waals surface area contributed by atoms with Gasteiger partial charge in [-0.05, 0) is 19.3 Å². The molecule has 3 heteroatoms. The summed E-state index contributed by atoms with van der Waals surface area (Å²) in [6.07, 6.45) is 4.53. The average Bonchev–Trinajstić information content (AvgIpc) is 2.14. The van der Waals surface area contributed by atoms with Crippen LogP contribution >= 0.6 is 11.6 Å². The maximum Gasteiger partial charge on any atom is 0.219 e. The summed E-state index contributed by atoms with van der Waals surface area (Å²) in [7, 11) is 0. The van der Waals surface area contributed by atoms with E-state index in [1.165, 1.54) is 0 Å². The van der Waals surface area contributed by atoms with E-state index in [0.29, 0.717) is 13.0 Å². The number of amides is 1. The van der Waals surface area contributed by atoms with E-state index in [1.807, 2.05) is 0 Å². The molecule has 0 spiro atoms. The van der Waals surface area contributed by atoms with Crippen molar-refractivity contribution in [2.45, 2.75) is 51.3 Å². The third kappa shape index (κ3) is 8.10. The van der Waals surface area contributed by atoms with Gasteiger partial charge in [0, 0.05) is 18.3 Å². The predicted octanol–water partition coefficient (Wildman–Crippen LogP) is 2.70. The van der Waals surface area contributed by atoms with Crippen LogP contribution in [0.2, 0.25) is 0 Å². The van der Waals surface area contributed by atoms with Gasteiger partial charge in [0.1, 0.15) is 0 Å². The summed E-state index contributed by atoms with van der Waals surface area (Å²) in [5.41, 5.74) is 0. The van der Waals surface area contributed by atoms with Crippen molar-refractivity contribution in [2.75, 3.05) is 6.54 Å². The van der Waals surface area contributed by atoms with Crippen LogP contribution in [-0.2, 0) is 4.79 Å². The van der Waals surface area contributed by atoms with Crippen LogP contribution in [0.1, 0.15) is 46.0 Å². The van der Waals surface area contributed by atoms with E-state index >= 15 is 0 Å². The number of halogens is 1. The minimum absolute atomic E-state index is 0.154. The lowest BCUT2D eigenvalue weighted by molar-refractivity contribution is -0.121. The lowest BCUT2D eigenvalue weighted by Gasteiger charge is -2.07. The fraction of sp³-hybridized carbons (Fsp3) is 0.900. The van der Waals surface area contributed by atoms with Crippen LogP contribution in [0.5, 0.6) is 0 Å². The van der Waals surface area contributed by atoms with E-state index in [1.54, 1.807) is 0 Å². The monoisotopic (exact) mass is 205 g/mol. The van der Waals surface area contributed by atoms with E-state index in [2.05, 4.69) is 19.2 Å². The van der Waals surface area contributed by atoms with Crippen molar-refractivity contribution in [1.29, 1.82) is 0 Å². The van der Waals surface area contributed by atoms with Gasteiger partial charge in [-0.3, -0.25) is 4.79 Å². The summed E-state index contributed by atoms with van der Waals surface area (Å²) in [4.78, 5) is 11.1. The molecule has 0 aromatic rings. The van der Waals surface area contributed by atoms with Crippen molar-refractivity contribution >= 4 is 17.5 Å². The second kappa shape index (κ2) is 8.36. The first-order chi connectivity index (χ1) is 6.20. The molecule has 1 unspecified atom stereocenters.